The maximum absolute atomic E-state index is 13.0. The first-order valence-corrected chi connectivity index (χ1v) is 6.04. The van der Waals surface area contributed by atoms with Crippen molar-refractivity contribution >= 4 is 5.97 Å². The third-order valence-electron chi connectivity index (χ3n) is 3.23. The van der Waals surface area contributed by atoms with Gasteiger partial charge in [0.15, 0.2) is 0 Å². The van der Waals surface area contributed by atoms with Crippen molar-refractivity contribution < 1.29 is 14.3 Å². The standard InChI is InChI=1S/C14H14FN3O2/c15-11-4-2-10(3-5-11)14(9-16,13(19)20)8-12-17-6-1-7-18-12/h1-7H,8-9,16H2,(H,19,20). The molecular formula is C14H14FN3O2. The fourth-order valence-corrected chi connectivity index (χ4v) is 2.04. The van der Waals surface area contributed by atoms with Crippen molar-refractivity contribution in [2.45, 2.75) is 11.8 Å². The summed E-state index contributed by atoms with van der Waals surface area (Å²) >= 11 is 0. The third kappa shape index (κ3) is 2.65. The summed E-state index contributed by atoms with van der Waals surface area (Å²) in [6.07, 6.45) is 3.12. The lowest BCUT2D eigenvalue weighted by Gasteiger charge is -2.27. The zero-order valence-corrected chi connectivity index (χ0v) is 10.7. The van der Waals surface area contributed by atoms with Gasteiger partial charge in [-0.25, -0.2) is 14.4 Å². The van der Waals surface area contributed by atoms with E-state index >= 15 is 0 Å². The molecule has 5 nitrogen and oxygen atoms in total. The topological polar surface area (TPSA) is 89.1 Å². The van der Waals surface area contributed by atoms with Gasteiger partial charge >= 0.3 is 5.97 Å². The molecule has 0 aliphatic rings. The highest BCUT2D eigenvalue weighted by Gasteiger charge is 2.40. The molecule has 3 N–H and O–H groups in total. The predicted molar refractivity (Wildman–Crippen MR) is 70.5 cm³/mol. The molecule has 0 aliphatic heterocycles. The lowest BCUT2D eigenvalue weighted by molar-refractivity contribution is -0.143. The number of aromatic nitrogens is 2. The number of hydrogen-bond acceptors (Lipinski definition) is 4. The summed E-state index contributed by atoms with van der Waals surface area (Å²) in [6, 6.07) is 6.94. The van der Waals surface area contributed by atoms with Gasteiger partial charge in [-0.05, 0) is 23.8 Å². The van der Waals surface area contributed by atoms with Gasteiger partial charge in [0, 0.05) is 25.4 Å². The number of rotatable bonds is 5. The Labute approximate surface area is 115 Å². The maximum atomic E-state index is 13.0. The van der Waals surface area contributed by atoms with Gasteiger partial charge in [-0.15, -0.1) is 0 Å². The van der Waals surface area contributed by atoms with E-state index in [1.54, 1.807) is 6.07 Å². The van der Waals surface area contributed by atoms with Crippen molar-refractivity contribution in [3.8, 4) is 0 Å². The highest BCUT2D eigenvalue weighted by Crippen LogP contribution is 2.27. The Morgan fingerprint density at radius 2 is 1.85 bits per heavy atom. The number of halogens is 1. The number of hydrogen-bond donors (Lipinski definition) is 2. The molecule has 1 heterocycles. The van der Waals surface area contributed by atoms with E-state index in [0.29, 0.717) is 11.4 Å². The van der Waals surface area contributed by atoms with E-state index in [1.807, 2.05) is 0 Å². The number of nitrogens with zero attached hydrogens (tertiary/aromatic N) is 2. The van der Waals surface area contributed by atoms with Crippen LogP contribution in [0.25, 0.3) is 0 Å². The lowest BCUT2D eigenvalue weighted by atomic mass is 9.77. The molecule has 0 bridgehead atoms. The molecule has 6 heteroatoms. The summed E-state index contributed by atoms with van der Waals surface area (Å²) in [4.78, 5) is 19.8. The number of aliphatic carboxylic acids is 1. The van der Waals surface area contributed by atoms with Crippen LogP contribution in [0.3, 0.4) is 0 Å². The molecule has 2 rings (SSSR count). The fourth-order valence-electron chi connectivity index (χ4n) is 2.04. The van der Waals surface area contributed by atoms with E-state index in [-0.39, 0.29) is 13.0 Å². The van der Waals surface area contributed by atoms with Gasteiger partial charge in [0.2, 0.25) is 0 Å². The van der Waals surface area contributed by atoms with Crippen LogP contribution in [-0.2, 0) is 16.6 Å². The van der Waals surface area contributed by atoms with Crippen molar-refractivity contribution in [1.29, 1.82) is 0 Å². The normalized spacial score (nSPS) is 13.7. The molecule has 1 aromatic carbocycles. The predicted octanol–water partition coefficient (Wildman–Crippen LogP) is 1.14. The summed E-state index contributed by atoms with van der Waals surface area (Å²) in [7, 11) is 0. The molecule has 0 radical (unpaired) electrons. The van der Waals surface area contributed by atoms with Gasteiger partial charge in [-0.1, -0.05) is 12.1 Å². The largest absolute Gasteiger partial charge is 0.481 e. The van der Waals surface area contributed by atoms with Crippen molar-refractivity contribution in [3.05, 3.63) is 59.9 Å². The lowest BCUT2D eigenvalue weighted by Crippen LogP contribution is -2.45. The number of carboxylic acid groups (broad SMARTS) is 1. The smallest absolute Gasteiger partial charge is 0.315 e. The zero-order chi connectivity index (χ0) is 14.6. The maximum Gasteiger partial charge on any atom is 0.315 e. The molecule has 1 unspecified atom stereocenters. The summed E-state index contributed by atoms with van der Waals surface area (Å²) in [6.45, 7) is -0.133. The first-order chi connectivity index (χ1) is 9.58. The number of carbonyl (C=O) groups is 1. The van der Waals surface area contributed by atoms with Crippen LogP contribution in [0.5, 0.6) is 0 Å². The molecule has 0 saturated heterocycles. The average molecular weight is 275 g/mol. The second-order valence-corrected chi connectivity index (χ2v) is 4.44. The van der Waals surface area contributed by atoms with Crippen LogP contribution in [0, 0.1) is 5.82 Å². The minimum absolute atomic E-state index is 0.0469. The van der Waals surface area contributed by atoms with Crippen LogP contribution < -0.4 is 5.73 Å². The Kier molecular flexibility index (Phi) is 4.05. The molecule has 0 aliphatic carbocycles. The minimum Gasteiger partial charge on any atom is -0.481 e. The van der Waals surface area contributed by atoms with Gasteiger partial charge in [0.05, 0.1) is 0 Å². The molecule has 104 valence electrons. The summed E-state index contributed by atoms with van der Waals surface area (Å²) in [5.74, 6) is -1.13. The van der Waals surface area contributed by atoms with E-state index in [2.05, 4.69) is 9.97 Å². The Morgan fingerprint density at radius 3 is 2.35 bits per heavy atom. The summed E-state index contributed by atoms with van der Waals surface area (Å²) < 4.78 is 13.0. The third-order valence-corrected chi connectivity index (χ3v) is 3.23. The fraction of sp³-hybridized carbons (Fsp3) is 0.214. The van der Waals surface area contributed by atoms with Crippen LogP contribution in [0.4, 0.5) is 4.39 Å². The van der Waals surface area contributed by atoms with Gasteiger partial charge in [0.1, 0.15) is 17.1 Å². The Bertz CT molecular complexity index is 589. The van der Waals surface area contributed by atoms with Crippen LogP contribution >= 0.6 is 0 Å². The van der Waals surface area contributed by atoms with E-state index in [9.17, 15) is 14.3 Å². The Balaban J connectivity index is 2.45. The van der Waals surface area contributed by atoms with E-state index < -0.39 is 17.2 Å². The SMILES string of the molecule is NCC(Cc1ncccn1)(C(=O)O)c1ccc(F)cc1. The van der Waals surface area contributed by atoms with Crippen LogP contribution in [0.1, 0.15) is 11.4 Å². The summed E-state index contributed by atoms with van der Waals surface area (Å²) in [5, 5.41) is 9.58. The number of benzene rings is 1. The molecule has 0 amide bonds. The number of carboxylic acids is 1. The van der Waals surface area contributed by atoms with E-state index in [0.717, 1.165) is 0 Å². The molecule has 0 spiro atoms. The zero-order valence-electron chi connectivity index (χ0n) is 10.7. The van der Waals surface area contributed by atoms with Crippen molar-refractivity contribution in [2.24, 2.45) is 5.73 Å². The van der Waals surface area contributed by atoms with E-state index in [4.69, 9.17) is 5.73 Å². The molecular weight excluding hydrogens is 261 g/mol. The molecule has 1 atom stereocenters. The quantitative estimate of drug-likeness (QED) is 0.854. The van der Waals surface area contributed by atoms with Crippen molar-refractivity contribution in [3.63, 3.8) is 0 Å². The second kappa shape index (κ2) is 5.75. The molecule has 0 fully saturated rings. The van der Waals surface area contributed by atoms with Gasteiger partial charge in [0.25, 0.3) is 0 Å². The second-order valence-electron chi connectivity index (χ2n) is 4.44. The van der Waals surface area contributed by atoms with Crippen LogP contribution in [0.2, 0.25) is 0 Å². The van der Waals surface area contributed by atoms with Gasteiger partial charge < -0.3 is 10.8 Å². The van der Waals surface area contributed by atoms with Crippen molar-refractivity contribution in [2.75, 3.05) is 6.54 Å². The monoisotopic (exact) mass is 275 g/mol. The highest BCUT2D eigenvalue weighted by atomic mass is 19.1. The van der Waals surface area contributed by atoms with E-state index in [1.165, 1.54) is 36.7 Å². The Hall–Kier alpha value is -2.34. The minimum atomic E-state index is -1.37. The average Bonchev–Trinajstić information content (AvgIpc) is 2.46. The molecule has 20 heavy (non-hydrogen) atoms. The highest BCUT2D eigenvalue weighted by molar-refractivity contribution is 5.82. The van der Waals surface area contributed by atoms with Crippen LogP contribution in [-0.4, -0.2) is 27.6 Å². The van der Waals surface area contributed by atoms with Gasteiger partial charge in [-0.3, -0.25) is 4.79 Å². The van der Waals surface area contributed by atoms with Crippen LogP contribution in [0.15, 0.2) is 42.7 Å². The molecule has 1 aromatic heterocycles. The first-order valence-electron chi connectivity index (χ1n) is 6.04. The van der Waals surface area contributed by atoms with Crippen molar-refractivity contribution in [1.82, 2.24) is 9.97 Å². The number of nitrogens with two attached hydrogens (primary N) is 1. The molecule has 2 aromatic rings. The molecule has 0 saturated carbocycles. The Morgan fingerprint density at radius 1 is 1.25 bits per heavy atom. The first kappa shape index (κ1) is 14.1. The summed E-state index contributed by atoms with van der Waals surface area (Å²) in [5.41, 5.74) is 4.76. The van der Waals surface area contributed by atoms with Gasteiger partial charge in [-0.2, -0.15) is 0 Å².